The maximum Gasteiger partial charge on any atom is 0.0503 e. The molecule has 0 N–H and O–H groups in total. The molecule has 1 saturated carbocycles. The van der Waals surface area contributed by atoms with Crippen molar-refractivity contribution in [3.8, 4) is 0 Å². The van der Waals surface area contributed by atoms with E-state index >= 15 is 0 Å². The third kappa shape index (κ3) is 2.76. The molecule has 1 aromatic carbocycles. The molecule has 0 bridgehead atoms. The average molecular weight is 245 g/mol. The molecule has 1 aliphatic heterocycles. The van der Waals surface area contributed by atoms with E-state index in [2.05, 4.69) is 35.2 Å². The summed E-state index contributed by atoms with van der Waals surface area (Å²) in [4.78, 5) is 2.64. The first-order valence-electron chi connectivity index (χ1n) is 7.13. The summed E-state index contributed by atoms with van der Waals surface area (Å²) in [6.07, 6.45) is 2.70. The van der Waals surface area contributed by atoms with Gasteiger partial charge in [0.25, 0.3) is 0 Å². The van der Waals surface area contributed by atoms with Crippen LogP contribution in [0.4, 0.5) is 0 Å². The molecule has 2 heteroatoms. The minimum atomic E-state index is 0.768. The summed E-state index contributed by atoms with van der Waals surface area (Å²) in [7, 11) is 1.81. The van der Waals surface area contributed by atoms with Gasteiger partial charge in [-0.25, -0.2) is 0 Å². The van der Waals surface area contributed by atoms with Gasteiger partial charge in [-0.15, -0.1) is 0 Å². The van der Waals surface area contributed by atoms with Crippen LogP contribution in [0.15, 0.2) is 30.3 Å². The summed E-state index contributed by atoms with van der Waals surface area (Å²) < 4.78 is 5.26. The molecule has 1 unspecified atom stereocenters. The number of hydrogen-bond acceptors (Lipinski definition) is 2. The quantitative estimate of drug-likeness (QED) is 0.791. The Hall–Kier alpha value is -0.860. The predicted molar refractivity (Wildman–Crippen MR) is 73.7 cm³/mol. The molecule has 98 valence electrons. The van der Waals surface area contributed by atoms with E-state index in [1.165, 1.54) is 38.0 Å². The van der Waals surface area contributed by atoms with Crippen LogP contribution in [0.5, 0.6) is 0 Å². The van der Waals surface area contributed by atoms with Gasteiger partial charge in [0.05, 0.1) is 6.61 Å². The zero-order valence-corrected chi connectivity index (χ0v) is 11.2. The van der Waals surface area contributed by atoms with Gasteiger partial charge in [-0.2, -0.15) is 0 Å². The van der Waals surface area contributed by atoms with E-state index < -0.39 is 0 Å². The van der Waals surface area contributed by atoms with Crippen LogP contribution >= 0.6 is 0 Å². The normalized spacial score (nSPS) is 31.7. The summed E-state index contributed by atoms with van der Waals surface area (Å²) in [5, 5.41) is 0. The van der Waals surface area contributed by atoms with Crippen molar-refractivity contribution in [1.29, 1.82) is 0 Å². The van der Waals surface area contributed by atoms with Crippen molar-refractivity contribution in [2.45, 2.75) is 18.8 Å². The van der Waals surface area contributed by atoms with Crippen LogP contribution in [0.25, 0.3) is 0 Å². The SMILES string of the molecule is COCC1CCN(C[C@@H]2C[C@H]2c2ccccc2)C1. The molecule has 1 aromatic rings. The fourth-order valence-corrected chi connectivity index (χ4v) is 3.34. The molecule has 3 atom stereocenters. The summed E-state index contributed by atoms with van der Waals surface area (Å²) in [6.45, 7) is 4.74. The highest BCUT2D eigenvalue weighted by Gasteiger charge is 2.40. The first-order valence-corrected chi connectivity index (χ1v) is 7.13. The third-order valence-electron chi connectivity index (χ3n) is 4.42. The lowest BCUT2D eigenvalue weighted by molar-refractivity contribution is 0.152. The van der Waals surface area contributed by atoms with E-state index in [9.17, 15) is 0 Å². The molecule has 1 aliphatic carbocycles. The van der Waals surface area contributed by atoms with Crippen LogP contribution in [0.3, 0.4) is 0 Å². The van der Waals surface area contributed by atoms with E-state index in [1.54, 1.807) is 0 Å². The molecule has 2 aliphatic rings. The van der Waals surface area contributed by atoms with Gasteiger partial charge in [-0.1, -0.05) is 30.3 Å². The second-order valence-corrected chi connectivity index (χ2v) is 5.88. The minimum absolute atomic E-state index is 0.768. The lowest BCUT2D eigenvalue weighted by Gasteiger charge is -2.15. The number of likely N-dealkylation sites (tertiary alicyclic amines) is 1. The van der Waals surface area contributed by atoms with Crippen molar-refractivity contribution >= 4 is 0 Å². The van der Waals surface area contributed by atoms with Gasteiger partial charge in [0.15, 0.2) is 0 Å². The highest BCUT2D eigenvalue weighted by atomic mass is 16.5. The molecule has 3 rings (SSSR count). The molecular weight excluding hydrogens is 222 g/mol. The Balaban J connectivity index is 1.46. The molecule has 1 heterocycles. The lowest BCUT2D eigenvalue weighted by Crippen LogP contribution is -2.24. The average Bonchev–Trinajstić information content (AvgIpc) is 3.02. The standard InChI is InChI=1S/C16H23NO/c1-18-12-13-7-8-17(10-13)11-15-9-16(15)14-5-3-2-4-6-14/h2-6,13,15-16H,7-12H2,1H3/t13?,15-,16-/m0/s1. The lowest BCUT2D eigenvalue weighted by atomic mass is 10.1. The minimum Gasteiger partial charge on any atom is -0.384 e. The van der Waals surface area contributed by atoms with E-state index in [0.717, 1.165) is 24.4 Å². The van der Waals surface area contributed by atoms with Crippen molar-refractivity contribution in [3.63, 3.8) is 0 Å². The number of benzene rings is 1. The number of ether oxygens (including phenoxy) is 1. The first-order chi connectivity index (χ1) is 8.86. The topological polar surface area (TPSA) is 12.5 Å². The zero-order chi connectivity index (χ0) is 12.4. The summed E-state index contributed by atoms with van der Waals surface area (Å²) >= 11 is 0. The Morgan fingerprint density at radius 3 is 2.89 bits per heavy atom. The summed E-state index contributed by atoms with van der Waals surface area (Å²) in [6, 6.07) is 11.0. The summed E-state index contributed by atoms with van der Waals surface area (Å²) in [5.74, 6) is 2.49. The Morgan fingerprint density at radius 2 is 2.11 bits per heavy atom. The Bertz CT molecular complexity index is 378. The van der Waals surface area contributed by atoms with Gasteiger partial charge in [0, 0.05) is 20.2 Å². The van der Waals surface area contributed by atoms with Crippen LogP contribution in [-0.4, -0.2) is 38.3 Å². The van der Waals surface area contributed by atoms with E-state index in [0.29, 0.717) is 0 Å². The Morgan fingerprint density at radius 1 is 1.28 bits per heavy atom. The van der Waals surface area contributed by atoms with Crippen LogP contribution < -0.4 is 0 Å². The van der Waals surface area contributed by atoms with Crippen LogP contribution in [-0.2, 0) is 4.74 Å². The largest absolute Gasteiger partial charge is 0.384 e. The summed E-state index contributed by atoms with van der Waals surface area (Å²) in [5.41, 5.74) is 1.54. The number of rotatable bonds is 5. The molecule has 0 spiro atoms. The van der Waals surface area contributed by atoms with Gasteiger partial charge < -0.3 is 9.64 Å². The molecular formula is C16H23NO. The molecule has 0 aromatic heterocycles. The highest BCUT2D eigenvalue weighted by molar-refractivity contribution is 5.25. The predicted octanol–water partition coefficient (Wildman–Crippen LogP) is 2.76. The Labute approximate surface area is 110 Å². The molecule has 2 nitrogen and oxygen atoms in total. The highest BCUT2D eigenvalue weighted by Crippen LogP contribution is 2.48. The van der Waals surface area contributed by atoms with Crippen molar-refractivity contribution in [2.24, 2.45) is 11.8 Å². The maximum atomic E-state index is 5.26. The number of nitrogens with zero attached hydrogens (tertiary/aromatic N) is 1. The molecule has 2 fully saturated rings. The van der Waals surface area contributed by atoms with Crippen molar-refractivity contribution < 1.29 is 4.74 Å². The molecule has 0 radical (unpaired) electrons. The van der Waals surface area contributed by atoms with Gasteiger partial charge in [0.2, 0.25) is 0 Å². The van der Waals surface area contributed by atoms with Gasteiger partial charge >= 0.3 is 0 Å². The van der Waals surface area contributed by atoms with Crippen LogP contribution in [0.1, 0.15) is 24.3 Å². The van der Waals surface area contributed by atoms with Crippen molar-refractivity contribution in [1.82, 2.24) is 4.90 Å². The third-order valence-corrected chi connectivity index (χ3v) is 4.42. The second-order valence-electron chi connectivity index (χ2n) is 5.88. The zero-order valence-electron chi connectivity index (χ0n) is 11.2. The smallest absolute Gasteiger partial charge is 0.0503 e. The number of methoxy groups -OCH3 is 1. The fraction of sp³-hybridized carbons (Fsp3) is 0.625. The van der Waals surface area contributed by atoms with Crippen LogP contribution in [0.2, 0.25) is 0 Å². The van der Waals surface area contributed by atoms with Crippen molar-refractivity contribution in [2.75, 3.05) is 33.4 Å². The van der Waals surface area contributed by atoms with E-state index in [-0.39, 0.29) is 0 Å². The van der Waals surface area contributed by atoms with Gasteiger partial charge in [-0.05, 0) is 42.7 Å². The maximum absolute atomic E-state index is 5.26. The van der Waals surface area contributed by atoms with Gasteiger partial charge in [0.1, 0.15) is 0 Å². The fourth-order valence-electron chi connectivity index (χ4n) is 3.34. The molecule has 0 amide bonds. The number of hydrogen-bond donors (Lipinski definition) is 0. The van der Waals surface area contributed by atoms with E-state index in [4.69, 9.17) is 4.74 Å². The molecule has 18 heavy (non-hydrogen) atoms. The second kappa shape index (κ2) is 5.41. The monoisotopic (exact) mass is 245 g/mol. The van der Waals surface area contributed by atoms with Gasteiger partial charge in [-0.3, -0.25) is 0 Å². The van der Waals surface area contributed by atoms with Crippen molar-refractivity contribution in [3.05, 3.63) is 35.9 Å². The first kappa shape index (κ1) is 12.2. The Kier molecular flexibility index (Phi) is 3.67. The van der Waals surface area contributed by atoms with E-state index in [1.807, 2.05) is 7.11 Å². The van der Waals surface area contributed by atoms with Crippen LogP contribution in [0, 0.1) is 11.8 Å². The molecule has 1 saturated heterocycles.